The van der Waals surface area contributed by atoms with Crippen molar-refractivity contribution in [3.63, 3.8) is 0 Å². The van der Waals surface area contributed by atoms with Crippen molar-refractivity contribution in [1.29, 1.82) is 0 Å². The van der Waals surface area contributed by atoms with Crippen LogP contribution < -0.4 is 0 Å². The number of hydrogen-bond acceptors (Lipinski definition) is 3. The van der Waals surface area contributed by atoms with Crippen LogP contribution >= 0.6 is 0 Å². The zero-order valence-electron chi connectivity index (χ0n) is 10.2. The van der Waals surface area contributed by atoms with Crippen molar-refractivity contribution in [2.24, 2.45) is 5.92 Å². The monoisotopic (exact) mass is 227 g/mol. The Morgan fingerprint density at radius 2 is 1.81 bits per heavy atom. The van der Waals surface area contributed by atoms with Crippen LogP contribution in [0.4, 0.5) is 0 Å². The maximum absolute atomic E-state index is 11.9. The summed E-state index contributed by atoms with van der Waals surface area (Å²) < 4.78 is 11.3. The summed E-state index contributed by atoms with van der Waals surface area (Å²) in [6.07, 6.45) is 2.28. The molecule has 4 heteroatoms. The molecule has 0 aromatic rings. The van der Waals surface area contributed by atoms with Gasteiger partial charge in [0.25, 0.3) is 0 Å². The molecule has 0 aliphatic carbocycles. The van der Waals surface area contributed by atoms with E-state index in [1.54, 1.807) is 0 Å². The third-order valence-corrected chi connectivity index (χ3v) is 3.27. The molecule has 16 heavy (non-hydrogen) atoms. The van der Waals surface area contributed by atoms with E-state index >= 15 is 0 Å². The average Bonchev–Trinajstić information content (AvgIpc) is 2.66. The Bertz CT molecular complexity index is 249. The molecule has 1 spiro atoms. The van der Waals surface area contributed by atoms with Crippen molar-refractivity contribution >= 4 is 5.91 Å². The van der Waals surface area contributed by atoms with E-state index in [2.05, 4.69) is 13.8 Å². The van der Waals surface area contributed by atoms with Crippen molar-refractivity contribution in [2.75, 3.05) is 26.3 Å². The smallest absolute Gasteiger partial charge is 0.222 e. The fourth-order valence-electron chi connectivity index (χ4n) is 2.36. The second-order valence-corrected chi connectivity index (χ2v) is 5.09. The van der Waals surface area contributed by atoms with Gasteiger partial charge < -0.3 is 14.4 Å². The minimum absolute atomic E-state index is 0.267. The van der Waals surface area contributed by atoms with Gasteiger partial charge in [0.05, 0.1) is 13.2 Å². The first-order chi connectivity index (χ1) is 7.61. The number of rotatable bonds is 2. The summed E-state index contributed by atoms with van der Waals surface area (Å²) in [5.74, 6) is 0.333. The van der Waals surface area contributed by atoms with Gasteiger partial charge >= 0.3 is 0 Å². The highest BCUT2D eigenvalue weighted by Gasteiger charge is 2.40. The molecule has 2 rings (SSSR count). The third-order valence-electron chi connectivity index (χ3n) is 3.27. The predicted octanol–water partition coefficient (Wildman–Crippen LogP) is 1.40. The molecular formula is C12H21NO3. The Morgan fingerprint density at radius 3 is 2.31 bits per heavy atom. The highest BCUT2D eigenvalue weighted by molar-refractivity contribution is 5.76. The van der Waals surface area contributed by atoms with E-state index in [1.807, 2.05) is 4.90 Å². The number of nitrogens with zero attached hydrogens (tertiary/aromatic N) is 1. The van der Waals surface area contributed by atoms with Gasteiger partial charge in [-0.1, -0.05) is 13.8 Å². The minimum atomic E-state index is -0.366. The van der Waals surface area contributed by atoms with Crippen molar-refractivity contribution in [3.05, 3.63) is 0 Å². The number of amides is 1. The summed E-state index contributed by atoms with van der Waals surface area (Å²) in [7, 11) is 0. The zero-order chi connectivity index (χ0) is 11.6. The molecule has 2 aliphatic rings. The molecule has 0 bridgehead atoms. The van der Waals surface area contributed by atoms with Gasteiger partial charge in [-0.25, -0.2) is 0 Å². The Morgan fingerprint density at radius 1 is 1.25 bits per heavy atom. The second kappa shape index (κ2) is 4.72. The lowest BCUT2D eigenvalue weighted by Crippen LogP contribution is -2.47. The van der Waals surface area contributed by atoms with Crippen molar-refractivity contribution in [3.8, 4) is 0 Å². The van der Waals surface area contributed by atoms with E-state index in [4.69, 9.17) is 9.47 Å². The largest absolute Gasteiger partial charge is 0.347 e. The molecule has 0 aromatic heterocycles. The molecule has 0 radical (unpaired) electrons. The zero-order valence-corrected chi connectivity index (χ0v) is 10.2. The maximum atomic E-state index is 11.9. The van der Waals surface area contributed by atoms with Crippen LogP contribution in [0, 0.1) is 5.92 Å². The highest BCUT2D eigenvalue weighted by Crippen LogP contribution is 2.31. The molecule has 0 atom stereocenters. The lowest BCUT2D eigenvalue weighted by Gasteiger charge is -2.37. The fraction of sp³-hybridized carbons (Fsp3) is 0.917. The van der Waals surface area contributed by atoms with Crippen LogP contribution in [0.15, 0.2) is 0 Å². The molecule has 1 amide bonds. The molecule has 0 aromatic carbocycles. The van der Waals surface area contributed by atoms with Gasteiger partial charge in [-0.2, -0.15) is 0 Å². The number of ether oxygens (including phenoxy) is 2. The van der Waals surface area contributed by atoms with E-state index in [1.165, 1.54) is 0 Å². The van der Waals surface area contributed by atoms with Crippen LogP contribution in [-0.4, -0.2) is 42.9 Å². The molecule has 2 saturated heterocycles. The van der Waals surface area contributed by atoms with Crippen molar-refractivity contribution in [1.82, 2.24) is 4.90 Å². The molecular weight excluding hydrogens is 206 g/mol. The summed E-state index contributed by atoms with van der Waals surface area (Å²) >= 11 is 0. The Hall–Kier alpha value is -0.610. The first-order valence-corrected chi connectivity index (χ1v) is 6.17. The molecule has 92 valence electrons. The van der Waals surface area contributed by atoms with Gasteiger partial charge in [-0.05, 0) is 5.92 Å². The minimum Gasteiger partial charge on any atom is -0.347 e. The summed E-state index contributed by atoms with van der Waals surface area (Å²) in [4.78, 5) is 13.8. The van der Waals surface area contributed by atoms with Gasteiger partial charge in [0.15, 0.2) is 5.79 Å². The van der Waals surface area contributed by atoms with Crippen LogP contribution in [0.25, 0.3) is 0 Å². The first-order valence-electron chi connectivity index (χ1n) is 6.17. The summed E-state index contributed by atoms with van der Waals surface area (Å²) in [6.45, 7) is 7.08. The fourth-order valence-corrected chi connectivity index (χ4v) is 2.36. The van der Waals surface area contributed by atoms with Crippen LogP contribution in [-0.2, 0) is 14.3 Å². The SMILES string of the molecule is CC(C)CC(=O)N1CCC2(CC1)OCCO2. The highest BCUT2D eigenvalue weighted by atomic mass is 16.7. The van der Waals surface area contributed by atoms with Crippen LogP contribution in [0.1, 0.15) is 33.1 Å². The first kappa shape index (κ1) is 11.9. The van der Waals surface area contributed by atoms with E-state index < -0.39 is 0 Å². The quantitative estimate of drug-likeness (QED) is 0.715. The summed E-state index contributed by atoms with van der Waals surface area (Å²) in [5, 5.41) is 0. The van der Waals surface area contributed by atoms with E-state index in [0.29, 0.717) is 25.6 Å². The molecule has 0 saturated carbocycles. The lowest BCUT2D eigenvalue weighted by molar-refractivity contribution is -0.187. The standard InChI is InChI=1S/C12H21NO3/c1-10(2)9-11(14)13-5-3-12(4-6-13)15-7-8-16-12/h10H,3-9H2,1-2H3. The van der Waals surface area contributed by atoms with E-state index in [0.717, 1.165) is 25.9 Å². The molecule has 4 nitrogen and oxygen atoms in total. The summed E-state index contributed by atoms with van der Waals surface area (Å²) in [5.41, 5.74) is 0. The van der Waals surface area contributed by atoms with Gasteiger partial charge in [-0.3, -0.25) is 4.79 Å². The maximum Gasteiger partial charge on any atom is 0.222 e. The molecule has 0 unspecified atom stereocenters. The number of carbonyl (C=O) groups is 1. The molecule has 2 fully saturated rings. The number of piperidine rings is 1. The molecule has 2 heterocycles. The van der Waals surface area contributed by atoms with Crippen molar-refractivity contribution in [2.45, 2.75) is 38.9 Å². The average molecular weight is 227 g/mol. The second-order valence-electron chi connectivity index (χ2n) is 5.09. The van der Waals surface area contributed by atoms with Gasteiger partial charge in [0, 0.05) is 32.4 Å². The van der Waals surface area contributed by atoms with Crippen molar-refractivity contribution < 1.29 is 14.3 Å². The van der Waals surface area contributed by atoms with Gasteiger partial charge in [0.1, 0.15) is 0 Å². The van der Waals surface area contributed by atoms with Crippen LogP contribution in [0.3, 0.4) is 0 Å². The van der Waals surface area contributed by atoms with Gasteiger partial charge in [-0.15, -0.1) is 0 Å². The topological polar surface area (TPSA) is 38.8 Å². The predicted molar refractivity (Wildman–Crippen MR) is 59.9 cm³/mol. The van der Waals surface area contributed by atoms with Crippen LogP contribution in [0.5, 0.6) is 0 Å². The summed E-state index contributed by atoms with van der Waals surface area (Å²) in [6, 6.07) is 0. The normalized spacial score (nSPS) is 24.3. The Balaban J connectivity index is 1.82. The van der Waals surface area contributed by atoms with E-state index in [-0.39, 0.29) is 11.7 Å². The molecule has 2 aliphatic heterocycles. The number of carbonyl (C=O) groups excluding carboxylic acids is 1. The lowest BCUT2D eigenvalue weighted by atomic mass is 10.0. The van der Waals surface area contributed by atoms with E-state index in [9.17, 15) is 4.79 Å². The number of likely N-dealkylation sites (tertiary alicyclic amines) is 1. The van der Waals surface area contributed by atoms with Crippen LogP contribution in [0.2, 0.25) is 0 Å². The Labute approximate surface area is 96.9 Å². The van der Waals surface area contributed by atoms with Gasteiger partial charge in [0.2, 0.25) is 5.91 Å². The number of hydrogen-bond donors (Lipinski definition) is 0. The Kier molecular flexibility index (Phi) is 3.50. The molecule has 0 N–H and O–H groups in total. The third kappa shape index (κ3) is 2.55.